The Hall–Kier alpha value is -0.340. The van der Waals surface area contributed by atoms with Gasteiger partial charge in [-0.1, -0.05) is 12.2 Å². The van der Waals surface area contributed by atoms with E-state index in [0.29, 0.717) is 13.2 Å². The Morgan fingerprint density at radius 1 is 1.67 bits per heavy atom. The van der Waals surface area contributed by atoms with Crippen molar-refractivity contribution in [3.8, 4) is 0 Å². The van der Waals surface area contributed by atoms with E-state index in [0.717, 1.165) is 0 Å². The Balaban J connectivity index is 3.06. The molecule has 2 heteroatoms. The molecule has 0 aliphatic carbocycles. The molecule has 1 unspecified atom stereocenters. The van der Waals surface area contributed by atoms with Crippen LogP contribution in [0.5, 0.6) is 0 Å². The van der Waals surface area contributed by atoms with E-state index in [9.17, 15) is 0 Å². The molecule has 0 fully saturated rings. The first-order valence-electron chi connectivity index (χ1n) is 3.24. The van der Waals surface area contributed by atoms with Crippen molar-refractivity contribution < 1.29 is 4.74 Å². The Morgan fingerprint density at radius 3 is 2.78 bits per heavy atom. The highest BCUT2D eigenvalue weighted by Gasteiger charge is 1.93. The summed E-state index contributed by atoms with van der Waals surface area (Å²) in [6, 6.07) is 0. The summed E-state index contributed by atoms with van der Waals surface area (Å²) in [7, 11) is 0. The first-order valence-corrected chi connectivity index (χ1v) is 3.24. The lowest BCUT2D eigenvalue weighted by atomic mass is 10.4. The van der Waals surface area contributed by atoms with Gasteiger partial charge in [0, 0.05) is 6.54 Å². The Kier molecular flexibility index (Phi) is 5.57. The first kappa shape index (κ1) is 8.66. The van der Waals surface area contributed by atoms with Gasteiger partial charge in [-0.05, 0) is 13.8 Å². The molecule has 0 amide bonds. The molecule has 0 saturated heterocycles. The molecule has 54 valence electrons. The van der Waals surface area contributed by atoms with Gasteiger partial charge in [0.05, 0.1) is 12.7 Å². The molecular formula is C7H15NO. The average molecular weight is 129 g/mol. The van der Waals surface area contributed by atoms with Gasteiger partial charge in [0.1, 0.15) is 0 Å². The summed E-state index contributed by atoms with van der Waals surface area (Å²) in [5.41, 5.74) is 5.31. The molecule has 2 N–H and O–H groups in total. The molecule has 0 aromatic rings. The molecule has 1 atom stereocenters. The van der Waals surface area contributed by atoms with Crippen LogP contribution in [-0.4, -0.2) is 19.3 Å². The summed E-state index contributed by atoms with van der Waals surface area (Å²) in [6.07, 6.45) is 4.11. The molecule has 0 aromatic carbocycles. The van der Waals surface area contributed by atoms with Crippen LogP contribution in [0.2, 0.25) is 0 Å². The van der Waals surface area contributed by atoms with Gasteiger partial charge in [0.2, 0.25) is 0 Å². The van der Waals surface area contributed by atoms with Gasteiger partial charge in [-0.2, -0.15) is 0 Å². The van der Waals surface area contributed by atoms with Gasteiger partial charge in [-0.25, -0.2) is 0 Å². The summed E-state index contributed by atoms with van der Waals surface area (Å²) >= 11 is 0. The number of rotatable bonds is 4. The van der Waals surface area contributed by atoms with Gasteiger partial charge in [0.15, 0.2) is 0 Å². The van der Waals surface area contributed by atoms with Crippen LogP contribution < -0.4 is 5.73 Å². The van der Waals surface area contributed by atoms with Crippen LogP contribution in [0.15, 0.2) is 12.2 Å². The van der Waals surface area contributed by atoms with E-state index in [1.165, 1.54) is 0 Å². The highest BCUT2D eigenvalue weighted by Crippen LogP contribution is 1.86. The van der Waals surface area contributed by atoms with E-state index < -0.39 is 0 Å². The van der Waals surface area contributed by atoms with E-state index in [-0.39, 0.29) is 6.10 Å². The zero-order valence-corrected chi connectivity index (χ0v) is 6.13. The van der Waals surface area contributed by atoms with Crippen molar-refractivity contribution in [3.05, 3.63) is 12.2 Å². The minimum Gasteiger partial charge on any atom is -0.373 e. The smallest absolute Gasteiger partial charge is 0.0673 e. The van der Waals surface area contributed by atoms with Crippen molar-refractivity contribution in [2.45, 2.75) is 20.0 Å². The topological polar surface area (TPSA) is 35.2 Å². The fourth-order valence-corrected chi connectivity index (χ4v) is 0.384. The molecule has 0 saturated carbocycles. The normalized spacial score (nSPS) is 14.6. The van der Waals surface area contributed by atoms with Gasteiger partial charge >= 0.3 is 0 Å². The fraction of sp³-hybridized carbons (Fsp3) is 0.714. The molecule has 0 aliphatic rings. The second-order valence-corrected chi connectivity index (χ2v) is 1.95. The van der Waals surface area contributed by atoms with Gasteiger partial charge in [0.25, 0.3) is 0 Å². The first-order chi connectivity index (χ1) is 4.31. The third-order valence-corrected chi connectivity index (χ3v) is 1.04. The van der Waals surface area contributed by atoms with E-state index >= 15 is 0 Å². The van der Waals surface area contributed by atoms with E-state index in [1.54, 1.807) is 0 Å². The van der Waals surface area contributed by atoms with Crippen LogP contribution >= 0.6 is 0 Å². The Bertz CT molecular complexity index is 81.0. The van der Waals surface area contributed by atoms with Gasteiger partial charge in [-0.15, -0.1) is 0 Å². The summed E-state index contributed by atoms with van der Waals surface area (Å²) in [4.78, 5) is 0. The summed E-state index contributed by atoms with van der Waals surface area (Å²) in [6.45, 7) is 5.20. The molecule has 0 aliphatic heterocycles. The Labute approximate surface area is 56.7 Å². The lowest BCUT2D eigenvalue weighted by Gasteiger charge is -2.06. The fourth-order valence-electron chi connectivity index (χ4n) is 0.384. The number of allylic oxidation sites excluding steroid dienone is 1. The van der Waals surface area contributed by atoms with Crippen LogP contribution in [0.3, 0.4) is 0 Å². The van der Waals surface area contributed by atoms with Crippen molar-refractivity contribution in [2.75, 3.05) is 13.2 Å². The lowest BCUT2D eigenvalue weighted by molar-refractivity contribution is 0.0947. The zero-order chi connectivity index (χ0) is 7.11. The summed E-state index contributed by atoms with van der Waals surface area (Å²) in [5.74, 6) is 0. The van der Waals surface area contributed by atoms with Crippen molar-refractivity contribution >= 4 is 0 Å². The second kappa shape index (κ2) is 5.79. The third-order valence-electron chi connectivity index (χ3n) is 1.04. The number of nitrogens with two attached hydrogens (primary N) is 1. The van der Waals surface area contributed by atoms with E-state index in [4.69, 9.17) is 10.5 Å². The quantitative estimate of drug-likeness (QED) is 0.573. The van der Waals surface area contributed by atoms with E-state index in [2.05, 4.69) is 0 Å². The maximum absolute atomic E-state index is 5.31. The van der Waals surface area contributed by atoms with Crippen LogP contribution in [-0.2, 0) is 4.74 Å². The molecule has 9 heavy (non-hydrogen) atoms. The van der Waals surface area contributed by atoms with Gasteiger partial charge < -0.3 is 10.5 Å². The summed E-state index contributed by atoms with van der Waals surface area (Å²) < 4.78 is 5.22. The lowest BCUT2D eigenvalue weighted by Crippen LogP contribution is -2.19. The maximum Gasteiger partial charge on any atom is 0.0673 e. The summed E-state index contributed by atoms with van der Waals surface area (Å²) in [5, 5.41) is 0. The largest absolute Gasteiger partial charge is 0.373 e. The maximum atomic E-state index is 5.31. The van der Waals surface area contributed by atoms with Crippen LogP contribution in [0.4, 0.5) is 0 Å². The predicted octanol–water partition coefficient (Wildman–Crippen LogP) is 0.926. The van der Waals surface area contributed by atoms with Crippen LogP contribution in [0.25, 0.3) is 0 Å². The number of hydrogen-bond acceptors (Lipinski definition) is 2. The molecule has 0 aromatic heterocycles. The van der Waals surface area contributed by atoms with Crippen LogP contribution in [0, 0.1) is 0 Å². The SMILES string of the molecule is C/C=C/COC(C)CN. The molecule has 0 rings (SSSR count). The molecule has 0 radical (unpaired) electrons. The number of ether oxygens (including phenoxy) is 1. The third kappa shape index (κ3) is 5.53. The molecule has 2 nitrogen and oxygen atoms in total. The minimum absolute atomic E-state index is 0.182. The van der Waals surface area contributed by atoms with Crippen molar-refractivity contribution in [3.63, 3.8) is 0 Å². The minimum atomic E-state index is 0.182. The predicted molar refractivity (Wildman–Crippen MR) is 39.3 cm³/mol. The van der Waals surface area contributed by atoms with Crippen molar-refractivity contribution in [2.24, 2.45) is 5.73 Å². The molecular weight excluding hydrogens is 114 g/mol. The second-order valence-electron chi connectivity index (χ2n) is 1.95. The molecule has 0 spiro atoms. The zero-order valence-electron chi connectivity index (χ0n) is 6.13. The standard InChI is InChI=1S/C7H15NO/c1-3-4-5-9-7(2)6-8/h3-4,7H,5-6,8H2,1-2H3/b4-3+. The molecule has 0 bridgehead atoms. The van der Waals surface area contributed by atoms with Gasteiger partial charge in [-0.3, -0.25) is 0 Å². The van der Waals surface area contributed by atoms with E-state index in [1.807, 2.05) is 26.0 Å². The highest BCUT2D eigenvalue weighted by atomic mass is 16.5. The Morgan fingerprint density at radius 2 is 2.33 bits per heavy atom. The van der Waals surface area contributed by atoms with Crippen LogP contribution in [0.1, 0.15) is 13.8 Å². The van der Waals surface area contributed by atoms with Crippen molar-refractivity contribution in [1.29, 1.82) is 0 Å². The average Bonchev–Trinajstić information content (AvgIpc) is 1.89. The molecule has 0 heterocycles. The van der Waals surface area contributed by atoms with Crippen molar-refractivity contribution in [1.82, 2.24) is 0 Å². The number of hydrogen-bond donors (Lipinski definition) is 1. The highest BCUT2D eigenvalue weighted by molar-refractivity contribution is 4.76. The monoisotopic (exact) mass is 129 g/mol.